The van der Waals surface area contributed by atoms with Crippen molar-refractivity contribution in [2.24, 2.45) is 5.73 Å². The number of nitrogens with two attached hydrogens (primary N) is 1. The van der Waals surface area contributed by atoms with Crippen LogP contribution in [0, 0.1) is 0 Å². The van der Waals surface area contributed by atoms with Crippen molar-refractivity contribution in [1.82, 2.24) is 0 Å². The van der Waals surface area contributed by atoms with Crippen molar-refractivity contribution in [3.8, 4) is 0 Å². The van der Waals surface area contributed by atoms with Gasteiger partial charge in [0.25, 0.3) is 0 Å². The summed E-state index contributed by atoms with van der Waals surface area (Å²) in [7, 11) is 0. The van der Waals surface area contributed by atoms with Gasteiger partial charge < -0.3 is 10.5 Å². The van der Waals surface area contributed by atoms with Crippen molar-refractivity contribution in [3.63, 3.8) is 0 Å². The van der Waals surface area contributed by atoms with Gasteiger partial charge in [0.05, 0.1) is 0 Å². The summed E-state index contributed by atoms with van der Waals surface area (Å²) in [6, 6.07) is 20.0. The molecule has 0 saturated carbocycles. The quantitative estimate of drug-likeness (QED) is 0.848. The second kappa shape index (κ2) is 7.12. The summed E-state index contributed by atoms with van der Waals surface area (Å²) in [6.07, 6.45) is 0.556. The molecule has 3 heteroatoms. The topological polar surface area (TPSA) is 52.3 Å². The van der Waals surface area contributed by atoms with Gasteiger partial charge in [-0.2, -0.15) is 0 Å². The fraction of sp³-hybridized carbons (Fsp3) is 0.316. The van der Waals surface area contributed by atoms with Gasteiger partial charge in [0.2, 0.25) is 0 Å². The summed E-state index contributed by atoms with van der Waals surface area (Å²) in [5.74, 6) is 0. The van der Waals surface area contributed by atoms with E-state index in [0.29, 0.717) is 0 Å². The fourth-order valence-electron chi connectivity index (χ4n) is 3.19. The lowest BCUT2D eigenvalue weighted by Gasteiger charge is -2.39. The Labute approximate surface area is 132 Å². The molecule has 0 unspecified atom stereocenters. The van der Waals surface area contributed by atoms with Gasteiger partial charge in [0.15, 0.2) is 0 Å². The Morgan fingerprint density at radius 2 is 1.50 bits per heavy atom. The summed E-state index contributed by atoms with van der Waals surface area (Å²) in [5, 5.41) is 0. The van der Waals surface area contributed by atoms with Crippen molar-refractivity contribution in [3.05, 3.63) is 71.8 Å². The van der Waals surface area contributed by atoms with Crippen LogP contribution >= 0.6 is 0 Å². The van der Waals surface area contributed by atoms with E-state index in [1.807, 2.05) is 48.5 Å². The molecule has 1 amide bonds. The van der Waals surface area contributed by atoms with Crippen LogP contribution in [-0.2, 0) is 10.2 Å². The predicted octanol–water partition coefficient (Wildman–Crippen LogP) is 4.58. The lowest BCUT2D eigenvalue weighted by atomic mass is 9.69. The van der Waals surface area contributed by atoms with Crippen molar-refractivity contribution < 1.29 is 9.53 Å². The molecular weight excluding hydrogens is 274 g/mol. The molecule has 2 aromatic rings. The number of amides is 1. The second-order valence-electron chi connectivity index (χ2n) is 5.46. The van der Waals surface area contributed by atoms with Crippen molar-refractivity contribution in [2.75, 3.05) is 0 Å². The first kappa shape index (κ1) is 16.1. The summed E-state index contributed by atoms with van der Waals surface area (Å²) in [5.41, 5.74) is 7.19. The first-order valence-electron chi connectivity index (χ1n) is 7.70. The van der Waals surface area contributed by atoms with Crippen LogP contribution in [0.25, 0.3) is 0 Å². The molecule has 0 aliphatic heterocycles. The number of carbonyl (C=O) groups is 1. The molecule has 2 N–H and O–H groups in total. The molecule has 3 nitrogen and oxygen atoms in total. The number of ether oxygens (including phenoxy) is 1. The molecule has 0 saturated heterocycles. The monoisotopic (exact) mass is 297 g/mol. The highest BCUT2D eigenvalue weighted by Crippen LogP contribution is 2.45. The fourth-order valence-corrected chi connectivity index (χ4v) is 3.19. The van der Waals surface area contributed by atoms with E-state index >= 15 is 0 Å². The molecule has 1 atom stereocenters. The second-order valence-corrected chi connectivity index (χ2v) is 5.46. The maximum atomic E-state index is 11.5. The maximum absolute atomic E-state index is 11.5. The average molecular weight is 297 g/mol. The van der Waals surface area contributed by atoms with Crippen LogP contribution in [0.1, 0.15) is 43.9 Å². The van der Waals surface area contributed by atoms with Gasteiger partial charge in [0.1, 0.15) is 6.10 Å². The minimum Gasteiger partial charge on any atom is -0.441 e. The first-order chi connectivity index (χ1) is 10.6. The van der Waals surface area contributed by atoms with Crippen LogP contribution in [0.3, 0.4) is 0 Å². The largest absolute Gasteiger partial charge is 0.441 e. The van der Waals surface area contributed by atoms with E-state index in [9.17, 15) is 4.79 Å². The highest BCUT2D eigenvalue weighted by Gasteiger charge is 2.40. The van der Waals surface area contributed by atoms with E-state index < -0.39 is 12.2 Å². The van der Waals surface area contributed by atoms with Gasteiger partial charge in [-0.3, -0.25) is 0 Å². The van der Waals surface area contributed by atoms with E-state index in [-0.39, 0.29) is 5.41 Å². The zero-order valence-electron chi connectivity index (χ0n) is 13.2. The Balaban J connectivity index is 2.56. The van der Waals surface area contributed by atoms with Crippen LogP contribution < -0.4 is 5.73 Å². The first-order valence-corrected chi connectivity index (χ1v) is 7.70. The molecule has 0 radical (unpaired) electrons. The maximum Gasteiger partial charge on any atom is 0.405 e. The Hall–Kier alpha value is -2.29. The molecule has 2 rings (SSSR count). The number of benzene rings is 2. The van der Waals surface area contributed by atoms with E-state index in [0.717, 1.165) is 24.0 Å². The summed E-state index contributed by atoms with van der Waals surface area (Å²) in [6.45, 7) is 4.24. The van der Waals surface area contributed by atoms with Crippen LogP contribution in [-0.4, -0.2) is 6.09 Å². The van der Waals surface area contributed by atoms with E-state index in [2.05, 4.69) is 26.0 Å². The number of primary amides is 1. The van der Waals surface area contributed by atoms with Crippen LogP contribution in [0.2, 0.25) is 0 Å². The minimum atomic E-state index is -0.740. The third kappa shape index (κ3) is 3.14. The van der Waals surface area contributed by atoms with Gasteiger partial charge in [-0.05, 0) is 24.0 Å². The Kier molecular flexibility index (Phi) is 5.21. The van der Waals surface area contributed by atoms with E-state index in [1.54, 1.807) is 0 Å². The minimum absolute atomic E-state index is 0.294. The molecule has 0 aliphatic rings. The number of hydrogen-bond acceptors (Lipinski definition) is 2. The normalized spacial score (nSPS) is 12.6. The van der Waals surface area contributed by atoms with Gasteiger partial charge >= 0.3 is 6.09 Å². The molecule has 22 heavy (non-hydrogen) atoms. The predicted molar refractivity (Wildman–Crippen MR) is 88.6 cm³/mol. The Morgan fingerprint density at radius 1 is 1.00 bits per heavy atom. The molecule has 2 aromatic carbocycles. The van der Waals surface area contributed by atoms with Crippen molar-refractivity contribution in [2.45, 2.75) is 38.2 Å². The zero-order chi connectivity index (χ0) is 16.0. The van der Waals surface area contributed by atoms with Crippen molar-refractivity contribution >= 4 is 6.09 Å². The molecule has 0 spiro atoms. The van der Waals surface area contributed by atoms with Crippen LogP contribution in [0.15, 0.2) is 60.7 Å². The SMILES string of the molecule is CCC(CC)(c1ccccc1)[C@H](OC(N)=O)c1ccccc1. The van der Waals surface area contributed by atoms with Gasteiger partial charge in [0, 0.05) is 5.41 Å². The number of carbonyl (C=O) groups excluding carboxylic acids is 1. The lowest BCUT2D eigenvalue weighted by Crippen LogP contribution is -2.36. The van der Waals surface area contributed by atoms with E-state index in [4.69, 9.17) is 10.5 Å². The summed E-state index contributed by atoms with van der Waals surface area (Å²) in [4.78, 5) is 11.5. The molecule has 0 heterocycles. The molecule has 0 aliphatic carbocycles. The lowest BCUT2D eigenvalue weighted by molar-refractivity contribution is 0.0441. The highest BCUT2D eigenvalue weighted by atomic mass is 16.6. The van der Waals surface area contributed by atoms with E-state index in [1.165, 1.54) is 0 Å². The number of hydrogen-bond donors (Lipinski definition) is 1. The van der Waals surface area contributed by atoms with Crippen molar-refractivity contribution in [1.29, 1.82) is 0 Å². The van der Waals surface area contributed by atoms with Gasteiger partial charge in [-0.25, -0.2) is 4.79 Å². The van der Waals surface area contributed by atoms with Gasteiger partial charge in [-0.15, -0.1) is 0 Å². The zero-order valence-corrected chi connectivity index (χ0v) is 13.2. The molecule has 116 valence electrons. The summed E-state index contributed by atoms with van der Waals surface area (Å²) >= 11 is 0. The molecular formula is C19H23NO2. The highest BCUT2D eigenvalue weighted by molar-refractivity contribution is 5.65. The molecule has 0 bridgehead atoms. The number of rotatable bonds is 6. The Morgan fingerprint density at radius 3 is 1.95 bits per heavy atom. The van der Waals surface area contributed by atoms with Crippen LogP contribution in [0.4, 0.5) is 4.79 Å². The van der Waals surface area contributed by atoms with Gasteiger partial charge in [-0.1, -0.05) is 74.5 Å². The standard InChI is InChI=1S/C19H23NO2/c1-3-19(4-2,16-13-9-6-10-14-16)17(22-18(20)21)15-11-7-5-8-12-15/h5-14,17H,3-4H2,1-2H3,(H2,20,21)/t17-/m1/s1. The molecule has 0 fully saturated rings. The van der Waals surface area contributed by atoms with Crippen LogP contribution in [0.5, 0.6) is 0 Å². The third-order valence-corrected chi connectivity index (χ3v) is 4.45. The summed E-state index contributed by atoms with van der Waals surface area (Å²) < 4.78 is 5.58. The smallest absolute Gasteiger partial charge is 0.405 e. The molecule has 0 aromatic heterocycles. The third-order valence-electron chi connectivity index (χ3n) is 4.45. The Bertz CT molecular complexity index is 591. The average Bonchev–Trinajstić information content (AvgIpc) is 2.57.